The number of aromatic nitrogens is 4. The second-order valence-electron chi connectivity index (χ2n) is 13.3. The van der Waals surface area contributed by atoms with Gasteiger partial charge in [0.25, 0.3) is 0 Å². The van der Waals surface area contributed by atoms with E-state index >= 15 is 0 Å². The fourth-order valence-electron chi connectivity index (χ4n) is 5.96. The Bertz CT molecular complexity index is 1660. The van der Waals surface area contributed by atoms with Gasteiger partial charge in [0, 0.05) is 48.0 Å². The van der Waals surface area contributed by atoms with Crippen LogP contribution >= 0.6 is 23.2 Å². The monoisotopic (exact) mass is 614 g/mol. The van der Waals surface area contributed by atoms with E-state index in [1.54, 1.807) is 6.20 Å². The van der Waals surface area contributed by atoms with E-state index in [9.17, 15) is 5.26 Å². The van der Waals surface area contributed by atoms with Gasteiger partial charge in [0.2, 0.25) is 0 Å². The largest absolute Gasteiger partial charge is 0.383 e. The number of nitriles is 1. The third-order valence-corrected chi connectivity index (χ3v) is 9.16. The Hall–Kier alpha value is -3.32. The molecule has 0 amide bonds. The third-order valence-electron chi connectivity index (χ3n) is 8.62. The number of nitrogens with zero attached hydrogens (tertiary/aromatic N) is 6. The summed E-state index contributed by atoms with van der Waals surface area (Å²) in [5.41, 5.74) is 3.65. The average Bonchev–Trinajstić information content (AvgIpc) is 3.71. The quantitative estimate of drug-likeness (QED) is 0.228. The van der Waals surface area contributed by atoms with Gasteiger partial charge in [-0.2, -0.15) is 5.26 Å². The van der Waals surface area contributed by atoms with Crippen LogP contribution in [0.3, 0.4) is 0 Å². The first-order valence-electron chi connectivity index (χ1n) is 15.0. The second-order valence-corrected chi connectivity index (χ2v) is 14.1. The van der Waals surface area contributed by atoms with Gasteiger partial charge in [0.15, 0.2) is 0 Å². The lowest BCUT2D eigenvalue weighted by Crippen LogP contribution is -2.38. The van der Waals surface area contributed by atoms with Crippen LogP contribution in [0.5, 0.6) is 0 Å². The molecule has 6 rings (SSSR count). The Balaban J connectivity index is 1.37. The van der Waals surface area contributed by atoms with Crippen molar-refractivity contribution in [1.82, 2.24) is 24.9 Å². The summed E-state index contributed by atoms with van der Waals surface area (Å²) in [6.45, 7) is 9.35. The fraction of sp³-hybridized carbons (Fsp3) is 0.438. The minimum Gasteiger partial charge on any atom is -0.383 e. The van der Waals surface area contributed by atoms with Crippen molar-refractivity contribution < 1.29 is 0 Å². The number of pyridine rings is 1. The van der Waals surface area contributed by atoms with Crippen molar-refractivity contribution in [3.05, 3.63) is 75.7 Å². The van der Waals surface area contributed by atoms with Gasteiger partial charge in [-0.3, -0.25) is 4.98 Å². The van der Waals surface area contributed by atoms with E-state index in [4.69, 9.17) is 28.3 Å². The lowest BCUT2D eigenvalue weighted by atomic mass is 9.69. The zero-order valence-corrected chi connectivity index (χ0v) is 26.7. The summed E-state index contributed by atoms with van der Waals surface area (Å²) in [5, 5.41) is 28.4. The molecule has 0 radical (unpaired) electrons. The molecule has 1 atom stereocenters. The van der Waals surface area contributed by atoms with Crippen molar-refractivity contribution >= 4 is 53.3 Å². The number of halogens is 2. The van der Waals surface area contributed by atoms with Gasteiger partial charge in [0.05, 0.1) is 39.5 Å². The highest BCUT2D eigenvalue weighted by molar-refractivity contribution is 6.36. The highest BCUT2D eigenvalue weighted by atomic mass is 35.5. The Morgan fingerprint density at radius 2 is 1.77 bits per heavy atom. The molecular weight excluding hydrogens is 578 g/mol. The predicted octanol–water partition coefficient (Wildman–Crippen LogP) is 6.21. The van der Waals surface area contributed by atoms with Gasteiger partial charge < -0.3 is 15.5 Å². The second kappa shape index (κ2) is 11.6. The van der Waals surface area contributed by atoms with Crippen LogP contribution in [-0.2, 0) is 5.44 Å². The highest BCUT2D eigenvalue weighted by Gasteiger charge is 2.35. The molecule has 4 aromatic rings. The summed E-state index contributed by atoms with van der Waals surface area (Å²) in [4.78, 5) is 7.15. The topological polar surface area (TPSA) is 94.7 Å². The number of rotatable bonds is 8. The molecule has 222 valence electrons. The fourth-order valence-corrected chi connectivity index (χ4v) is 6.35. The average molecular weight is 615 g/mol. The summed E-state index contributed by atoms with van der Waals surface area (Å²) in [5.74, 6) is 0. The molecule has 2 N–H and O–H groups in total. The molecule has 1 aliphatic heterocycles. The number of piperidine rings is 1. The van der Waals surface area contributed by atoms with E-state index in [0.717, 1.165) is 60.0 Å². The number of benzene rings is 2. The molecule has 2 aromatic heterocycles. The van der Waals surface area contributed by atoms with Crippen molar-refractivity contribution in [3.8, 4) is 6.07 Å². The first-order valence-corrected chi connectivity index (χ1v) is 15.8. The van der Waals surface area contributed by atoms with Crippen molar-refractivity contribution in [2.75, 3.05) is 30.3 Å². The molecule has 1 aliphatic carbocycles. The number of nitrogens with one attached hydrogen (secondary N) is 2. The normalized spacial score (nSPS) is 17.9. The number of anilines is 2. The third kappa shape index (κ3) is 6.33. The van der Waals surface area contributed by atoms with E-state index in [1.165, 1.54) is 12.8 Å². The van der Waals surface area contributed by atoms with Crippen molar-refractivity contribution in [1.29, 1.82) is 5.26 Å². The van der Waals surface area contributed by atoms with Gasteiger partial charge in [-0.05, 0) is 60.9 Å². The maximum Gasteiger partial charge on any atom is 0.148 e. The summed E-state index contributed by atoms with van der Waals surface area (Å²) in [6.07, 6.45) is 8.48. The number of fused-ring (bicyclic) bond motifs is 1. The Morgan fingerprint density at radius 3 is 2.42 bits per heavy atom. The van der Waals surface area contributed by atoms with E-state index in [2.05, 4.69) is 66.6 Å². The molecule has 2 aliphatic rings. The van der Waals surface area contributed by atoms with Crippen LogP contribution in [0.2, 0.25) is 10.0 Å². The van der Waals surface area contributed by atoms with Crippen LogP contribution in [0, 0.1) is 16.7 Å². The van der Waals surface area contributed by atoms with Crippen LogP contribution in [0.4, 0.5) is 11.4 Å². The standard InChI is InChI=1S/C32H37BCl2N8/c1-31(2,3)19-38-29-20(16-36)17-37-30-26(29)14-23(15-27(30)35)39-32(33,21-4-6-22(34)7-5-21)28-18-43(41-40-28)25-10-12-42(13-11-25)24-8-9-24/h4-7,14-15,17-18,24-25,39H,8-13,19,33H2,1-3H3,(H,37,38). The summed E-state index contributed by atoms with van der Waals surface area (Å²) < 4.78 is 2.04. The zero-order chi connectivity index (χ0) is 30.4. The van der Waals surface area contributed by atoms with Crippen molar-refractivity contribution in [2.45, 2.75) is 64.0 Å². The number of hydrogen-bond acceptors (Lipinski definition) is 7. The van der Waals surface area contributed by atoms with E-state index in [0.29, 0.717) is 33.7 Å². The van der Waals surface area contributed by atoms with Gasteiger partial charge in [0.1, 0.15) is 19.6 Å². The Kier molecular flexibility index (Phi) is 8.06. The van der Waals surface area contributed by atoms with Crippen molar-refractivity contribution in [3.63, 3.8) is 0 Å². The van der Waals surface area contributed by atoms with Gasteiger partial charge in [-0.1, -0.05) is 61.3 Å². The summed E-state index contributed by atoms with van der Waals surface area (Å²) in [7, 11) is 2.10. The Morgan fingerprint density at radius 1 is 1.05 bits per heavy atom. The van der Waals surface area contributed by atoms with Gasteiger partial charge in [-0.15, -0.1) is 5.10 Å². The van der Waals surface area contributed by atoms with E-state index in [1.807, 2.05) is 41.1 Å². The molecule has 11 heteroatoms. The molecule has 1 unspecified atom stereocenters. The molecule has 3 heterocycles. The zero-order valence-electron chi connectivity index (χ0n) is 25.2. The Labute approximate surface area is 264 Å². The first-order chi connectivity index (χ1) is 20.5. The van der Waals surface area contributed by atoms with Crippen LogP contribution in [0.25, 0.3) is 10.9 Å². The van der Waals surface area contributed by atoms with Crippen molar-refractivity contribution in [2.24, 2.45) is 5.41 Å². The molecule has 2 fully saturated rings. The molecule has 0 spiro atoms. The number of hydrogen-bond donors (Lipinski definition) is 2. The van der Waals surface area contributed by atoms with Gasteiger partial charge in [-0.25, -0.2) is 4.68 Å². The van der Waals surface area contributed by atoms with Gasteiger partial charge >= 0.3 is 0 Å². The summed E-state index contributed by atoms with van der Waals surface area (Å²) >= 11 is 13.1. The SMILES string of the molecule is BC(Nc1cc(Cl)c2ncc(C#N)c(NCC(C)(C)C)c2c1)(c1ccc(Cl)cc1)c1cn(C2CCN(C3CC3)CC2)nn1. The first kappa shape index (κ1) is 29.7. The minimum atomic E-state index is -0.756. The summed E-state index contributed by atoms with van der Waals surface area (Å²) in [6, 6.07) is 15.1. The lowest BCUT2D eigenvalue weighted by molar-refractivity contribution is 0.171. The maximum atomic E-state index is 9.90. The smallest absolute Gasteiger partial charge is 0.148 e. The molecular formula is C32H37BCl2N8. The molecule has 8 nitrogen and oxygen atoms in total. The molecule has 2 aromatic carbocycles. The van der Waals surface area contributed by atoms with Crippen LogP contribution in [0.1, 0.15) is 69.3 Å². The van der Waals surface area contributed by atoms with Crippen LogP contribution in [-0.4, -0.2) is 58.4 Å². The molecule has 1 saturated heterocycles. The number of likely N-dealkylation sites (tertiary alicyclic amines) is 1. The molecule has 43 heavy (non-hydrogen) atoms. The lowest BCUT2D eigenvalue weighted by Gasteiger charge is -2.32. The maximum absolute atomic E-state index is 9.90. The highest BCUT2D eigenvalue weighted by Crippen LogP contribution is 2.38. The van der Waals surface area contributed by atoms with Crippen LogP contribution < -0.4 is 10.6 Å². The van der Waals surface area contributed by atoms with E-state index in [-0.39, 0.29) is 5.41 Å². The van der Waals surface area contributed by atoms with E-state index < -0.39 is 5.44 Å². The minimum absolute atomic E-state index is 0.00940. The molecule has 0 bridgehead atoms. The molecule has 1 saturated carbocycles. The van der Waals surface area contributed by atoms with Crippen LogP contribution in [0.15, 0.2) is 48.8 Å². The predicted molar refractivity (Wildman–Crippen MR) is 177 cm³/mol.